The van der Waals surface area contributed by atoms with Crippen LogP contribution in [0.4, 0.5) is 13.2 Å². The molecule has 0 saturated heterocycles. The maximum absolute atomic E-state index is 12.8. The molecule has 11 heteroatoms. The predicted molar refractivity (Wildman–Crippen MR) is 166 cm³/mol. The van der Waals surface area contributed by atoms with Gasteiger partial charge in [0.15, 0.2) is 5.78 Å². The topological polar surface area (TPSA) is 92.9 Å². The van der Waals surface area contributed by atoms with Crippen molar-refractivity contribution in [2.24, 2.45) is 0 Å². The standard InChI is InChI=1S/C34H29F3N2O5S/c1-21-27(38-32(44-21)23-6-4-3-5-7-23)15-18-43-30-13-10-24(31-26(30)16-19-45-31)20-28(33(41)42)39(2)17-14-29(40)22-8-11-25(12-9-22)34(35,36)37/h3-14,16-17,19,28H,15,18,20H2,1-2H3,(H,41,42)/b17-14-. The molecule has 5 rings (SSSR count). The Morgan fingerprint density at radius 2 is 1.80 bits per heavy atom. The van der Waals surface area contributed by atoms with Gasteiger partial charge in [-0.05, 0) is 54.3 Å². The number of ketones is 1. The van der Waals surface area contributed by atoms with Crippen LogP contribution in [-0.2, 0) is 23.8 Å². The molecular weight excluding hydrogens is 605 g/mol. The molecular formula is C34H29F3N2O5S. The summed E-state index contributed by atoms with van der Waals surface area (Å²) in [6.45, 7) is 2.24. The van der Waals surface area contributed by atoms with Gasteiger partial charge in [-0.1, -0.05) is 36.4 Å². The number of alkyl halides is 3. The SMILES string of the molecule is Cc1oc(-c2ccccc2)nc1CCOc1ccc(CC(C(=O)O)N(C)/C=C\C(=O)c2ccc(C(F)(F)F)cc2)c2sccc12. The highest BCUT2D eigenvalue weighted by Gasteiger charge is 2.30. The number of halogens is 3. The summed E-state index contributed by atoms with van der Waals surface area (Å²) in [6, 6.07) is 18.1. The molecule has 0 bridgehead atoms. The number of allylic oxidation sites excluding steroid dienone is 1. The average Bonchev–Trinajstić information content (AvgIpc) is 3.66. The Bertz CT molecular complexity index is 1830. The zero-order chi connectivity index (χ0) is 32.1. The lowest BCUT2D eigenvalue weighted by Gasteiger charge is -2.23. The maximum Gasteiger partial charge on any atom is 0.416 e. The van der Waals surface area contributed by atoms with E-state index in [2.05, 4.69) is 4.98 Å². The Labute approximate surface area is 261 Å². The third-order valence-electron chi connectivity index (χ3n) is 7.32. The number of nitrogens with zero attached hydrogens (tertiary/aromatic N) is 2. The second-order valence-corrected chi connectivity index (χ2v) is 11.3. The van der Waals surface area contributed by atoms with Crippen molar-refractivity contribution in [1.29, 1.82) is 0 Å². The van der Waals surface area contributed by atoms with Crippen molar-refractivity contribution < 1.29 is 37.0 Å². The fourth-order valence-corrected chi connectivity index (χ4v) is 5.76. The van der Waals surface area contributed by atoms with E-state index >= 15 is 0 Å². The third-order valence-corrected chi connectivity index (χ3v) is 8.31. The largest absolute Gasteiger partial charge is 0.493 e. The zero-order valence-corrected chi connectivity index (χ0v) is 25.2. The number of aromatic nitrogens is 1. The Morgan fingerprint density at radius 1 is 1.07 bits per heavy atom. The number of ether oxygens (including phenoxy) is 1. The molecule has 1 unspecified atom stereocenters. The Kier molecular flexibility index (Phi) is 9.38. The molecule has 1 N–H and O–H groups in total. The van der Waals surface area contributed by atoms with Crippen LogP contribution in [0.25, 0.3) is 21.5 Å². The van der Waals surface area contributed by atoms with E-state index in [1.807, 2.05) is 60.8 Å². The van der Waals surface area contributed by atoms with Crippen LogP contribution in [-0.4, -0.2) is 46.4 Å². The first-order valence-corrected chi connectivity index (χ1v) is 14.9. The van der Waals surface area contributed by atoms with Gasteiger partial charge >= 0.3 is 12.1 Å². The lowest BCUT2D eigenvalue weighted by Crippen LogP contribution is -2.37. The summed E-state index contributed by atoms with van der Waals surface area (Å²) in [5.41, 5.74) is 1.71. The van der Waals surface area contributed by atoms with Gasteiger partial charge in [0.1, 0.15) is 17.6 Å². The van der Waals surface area contributed by atoms with E-state index in [0.717, 1.165) is 63.0 Å². The average molecular weight is 635 g/mol. The minimum Gasteiger partial charge on any atom is -0.493 e. The van der Waals surface area contributed by atoms with E-state index in [0.29, 0.717) is 24.7 Å². The Hall–Kier alpha value is -4.90. The maximum atomic E-state index is 12.8. The number of hydrogen-bond acceptors (Lipinski definition) is 7. The summed E-state index contributed by atoms with van der Waals surface area (Å²) in [4.78, 5) is 30.8. The molecule has 5 aromatic rings. The van der Waals surface area contributed by atoms with E-state index in [4.69, 9.17) is 9.15 Å². The van der Waals surface area contributed by atoms with Crippen molar-refractivity contribution in [3.05, 3.63) is 119 Å². The lowest BCUT2D eigenvalue weighted by molar-refractivity contribution is -0.142. The van der Waals surface area contributed by atoms with Gasteiger partial charge in [-0.25, -0.2) is 9.78 Å². The molecule has 45 heavy (non-hydrogen) atoms. The molecule has 2 heterocycles. The molecule has 3 aromatic carbocycles. The van der Waals surface area contributed by atoms with Crippen molar-refractivity contribution in [2.45, 2.75) is 32.0 Å². The van der Waals surface area contributed by atoms with Crippen molar-refractivity contribution in [3.8, 4) is 17.2 Å². The molecule has 0 aliphatic rings. The lowest BCUT2D eigenvalue weighted by atomic mass is 10.0. The molecule has 0 spiro atoms. The summed E-state index contributed by atoms with van der Waals surface area (Å²) < 4.78 is 51.3. The van der Waals surface area contributed by atoms with Gasteiger partial charge in [-0.2, -0.15) is 13.2 Å². The second kappa shape index (κ2) is 13.4. The number of likely N-dealkylation sites (N-methyl/N-ethyl adjacent to an activating group) is 1. The van der Waals surface area contributed by atoms with Gasteiger partial charge in [-0.15, -0.1) is 11.3 Å². The van der Waals surface area contributed by atoms with E-state index in [-0.39, 0.29) is 12.0 Å². The van der Waals surface area contributed by atoms with Crippen LogP contribution in [0.5, 0.6) is 5.75 Å². The zero-order valence-electron chi connectivity index (χ0n) is 24.4. The highest BCUT2D eigenvalue weighted by Crippen LogP contribution is 2.34. The number of fused-ring (bicyclic) bond motifs is 1. The molecule has 0 amide bonds. The number of benzene rings is 3. The summed E-state index contributed by atoms with van der Waals surface area (Å²) in [6.07, 6.45) is -1.34. The highest BCUT2D eigenvalue weighted by atomic mass is 32.1. The van der Waals surface area contributed by atoms with Crippen molar-refractivity contribution in [2.75, 3.05) is 13.7 Å². The van der Waals surface area contributed by atoms with Crippen LogP contribution in [0.15, 0.2) is 94.9 Å². The second-order valence-electron chi connectivity index (χ2n) is 10.4. The van der Waals surface area contributed by atoms with E-state index in [1.165, 1.54) is 29.5 Å². The summed E-state index contributed by atoms with van der Waals surface area (Å²) in [5.74, 6) is 0.324. The monoisotopic (exact) mass is 634 g/mol. The fourth-order valence-electron chi connectivity index (χ4n) is 4.82. The first-order valence-electron chi connectivity index (χ1n) is 14.0. The number of aryl methyl sites for hydroxylation is 1. The fraction of sp³-hybridized carbons (Fsp3) is 0.206. The smallest absolute Gasteiger partial charge is 0.416 e. The number of carboxylic acids is 1. The number of carboxylic acid groups (broad SMARTS) is 1. The predicted octanol–water partition coefficient (Wildman–Crippen LogP) is 7.83. The van der Waals surface area contributed by atoms with Gasteiger partial charge in [0.2, 0.25) is 5.89 Å². The van der Waals surface area contributed by atoms with Crippen molar-refractivity contribution in [3.63, 3.8) is 0 Å². The molecule has 2 aromatic heterocycles. The Balaban J connectivity index is 1.24. The summed E-state index contributed by atoms with van der Waals surface area (Å²) in [7, 11) is 1.54. The minimum absolute atomic E-state index is 0.0609. The summed E-state index contributed by atoms with van der Waals surface area (Å²) >= 11 is 1.47. The van der Waals surface area contributed by atoms with E-state index in [9.17, 15) is 27.9 Å². The number of carbonyl (C=O) groups excluding carboxylic acids is 1. The number of aliphatic carboxylic acids is 1. The third kappa shape index (κ3) is 7.43. The highest BCUT2D eigenvalue weighted by molar-refractivity contribution is 7.17. The van der Waals surface area contributed by atoms with E-state index in [1.54, 1.807) is 0 Å². The van der Waals surface area contributed by atoms with Gasteiger partial charge in [0.05, 0.1) is 17.9 Å². The first kappa shape index (κ1) is 31.5. The first-order chi connectivity index (χ1) is 21.5. The number of carbonyl (C=O) groups is 2. The Morgan fingerprint density at radius 3 is 2.49 bits per heavy atom. The minimum atomic E-state index is -4.51. The molecule has 1 atom stereocenters. The summed E-state index contributed by atoms with van der Waals surface area (Å²) in [5, 5.41) is 12.8. The van der Waals surface area contributed by atoms with Crippen LogP contribution in [0.2, 0.25) is 0 Å². The molecule has 0 aliphatic heterocycles. The normalized spacial score (nSPS) is 12.5. The number of rotatable bonds is 12. The number of thiophene rings is 1. The van der Waals surface area contributed by atoms with Gasteiger partial charge in [0, 0.05) is 53.4 Å². The molecule has 0 saturated carbocycles. The molecule has 0 radical (unpaired) electrons. The van der Waals surface area contributed by atoms with Gasteiger partial charge in [0.25, 0.3) is 0 Å². The van der Waals surface area contributed by atoms with Crippen LogP contribution in [0.1, 0.15) is 32.9 Å². The van der Waals surface area contributed by atoms with Crippen molar-refractivity contribution in [1.82, 2.24) is 9.88 Å². The molecule has 232 valence electrons. The van der Waals surface area contributed by atoms with Crippen LogP contribution >= 0.6 is 11.3 Å². The quantitative estimate of drug-likeness (QED) is 0.110. The van der Waals surface area contributed by atoms with Crippen molar-refractivity contribution >= 4 is 33.2 Å². The van der Waals surface area contributed by atoms with Crippen LogP contribution in [0.3, 0.4) is 0 Å². The number of oxazole rings is 1. The van der Waals surface area contributed by atoms with E-state index < -0.39 is 29.5 Å². The molecule has 7 nitrogen and oxygen atoms in total. The number of hydrogen-bond donors (Lipinski definition) is 1. The van der Waals surface area contributed by atoms with Crippen LogP contribution < -0.4 is 4.74 Å². The molecule has 0 aliphatic carbocycles. The van der Waals surface area contributed by atoms with Gasteiger partial charge < -0.3 is 19.2 Å². The van der Waals surface area contributed by atoms with Crippen LogP contribution in [0, 0.1) is 6.92 Å². The van der Waals surface area contributed by atoms with Gasteiger partial charge in [-0.3, -0.25) is 4.79 Å². The molecule has 0 fully saturated rings.